The van der Waals surface area contributed by atoms with E-state index in [1.165, 1.54) is 25.3 Å². The number of nitro groups is 1. The zero-order valence-electron chi connectivity index (χ0n) is 11.0. The maximum atomic E-state index is 11.1. The minimum absolute atomic E-state index is 0.0682. The molecule has 0 aliphatic rings. The van der Waals surface area contributed by atoms with E-state index in [2.05, 4.69) is 0 Å². The number of benzene rings is 2. The molecule has 1 N–H and O–H groups in total. The van der Waals surface area contributed by atoms with Crippen LogP contribution in [0.15, 0.2) is 36.4 Å². The second kappa shape index (κ2) is 5.48. The fourth-order valence-electron chi connectivity index (χ4n) is 1.69. The van der Waals surface area contributed by atoms with E-state index in [1.54, 1.807) is 25.1 Å². The Morgan fingerprint density at radius 2 is 1.95 bits per heavy atom. The maximum absolute atomic E-state index is 11.1. The van der Waals surface area contributed by atoms with Crippen LogP contribution in [0.2, 0.25) is 0 Å². The Morgan fingerprint density at radius 3 is 2.60 bits per heavy atom. The van der Waals surface area contributed by atoms with Crippen molar-refractivity contribution >= 4 is 5.69 Å². The van der Waals surface area contributed by atoms with Crippen LogP contribution in [0.4, 0.5) is 5.69 Å². The first-order chi connectivity index (χ1) is 9.52. The van der Waals surface area contributed by atoms with Crippen molar-refractivity contribution in [2.24, 2.45) is 0 Å². The first kappa shape index (κ1) is 13.7. The van der Waals surface area contributed by atoms with E-state index in [0.29, 0.717) is 17.1 Å². The number of nitro benzene ring substituents is 1. The van der Waals surface area contributed by atoms with E-state index in [-0.39, 0.29) is 17.2 Å². The number of nitrogens with zero attached hydrogens (tertiary/aromatic N) is 1. The number of ether oxygens (including phenoxy) is 2. The highest BCUT2D eigenvalue weighted by atomic mass is 16.6. The zero-order chi connectivity index (χ0) is 14.7. The number of hydrogen-bond donors (Lipinski definition) is 1. The molecule has 0 saturated carbocycles. The summed E-state index contributed by atoms with van der Waals surface area (Å²) in [4.78, 5) is 10.5. The molecule has 20 heavy (non-hydrogen) atoms. The lowest BCUT2D eigenvalue weighted by Crippen LogP contribution is -1.95. The summed E-state index contributed by atoms with van der Waals surface area (Å²) in [5.41, 5.74) is 0.310. The predicted molar refractivity (Wildman–Crippen MR) is 72.6 cm³/mol. The van der Waals surface area contributed by atoms with E-state index in [4.69, 9.17) is 9.47 Å². The molecular weight excluding hydrogens is 262 g/mol. The van der Waals surface area contributed by atoms with Gasteiger partial charge in [-0.15, -0.1) is 0 Å². The molecule has 0 spiro atoms. The second-order valence-electron chi connectivity index (χ2n) is 4.09. The molecule has 0 aliphatic heterocycles. The Bertz CT molecular complexity index is 654. The van der Waals surface area contributed by atoms with Crippen molar-refractivity contribution in [1.82, 2.24) is 0 Å². The largest absolute Gasteiger partial charge is 0.508 e. The van der Waals surface area contributed by atoms with Gasteiger partial charge in [0.25, 0.3) is 0 Å². The van der Waals surface area contributed by atoms with Crippen LogP contribution in [0, 0.1) is 17.0 Å². The Labute approximate surface area is 115 Å². The summed E-state index contributed by atoms with van der Waals surface area (Å²) in [7, 11) is 1.43. The number of phenolic OH excluding ortho intramolecular Hbond substituents is 1. The minimum atomic E-state index is -0.546. The van der Waals surface area contributed by atoms with Gasteiger partial charge in [-0.05, 0) is 31.2 Å². The molecule has 6 heteroatoms. The van der Waals surface area contributed by atoms with E-state index >= 15 is 0 Å². The van der Waals surface area contributed by atoms with Crippen LogP contribution < -0.4 is 9.47 Å². The van der Waals surface area contributed by atoms with E-state index < -0.39 is 4.92 Å². The van der Waals surface area contributed by atoms with Crippen molar-refractivity contribution in [3.05, 3.63) is 52.1 Å². The number of methoxy groups -OCH3 is 1. The van der Waals surface area contributed by atoms with Crippen molar-refractivity contribution in [1.29, 1.82) is 0 Å². The highest BCUT2D eigenvalue weighted by Gasteiger charge is 2.18. The van der Waals surface area contributed by atoms with Gasteiger partial charge in [-0.3, -0.25) is 10.1 Å². The standard InChI is InChI=1S/C14H13NO5/c1-9-12(16)4-3-5-13(9)20-14-7-6-10(19-2)8-11(14)15(17)18/h3-8,16H,1-2H3. The molecule has 0 saturated heterocycles. The van der Waals surface area contributed by atoms with Crippen molar-refractivity contribution in [2.75, 3.05) is 7.11 Å². The van der Waals surface area contributed by atoms with Crippen molar-refractivity contribution < 1.29 is 19.5 Å². The Balaban J connectivity index is 2.43. The lowest BCUT2D eigenvalue weighted by Gasteiger charge is -2.10. The summed E-state index contributed by atoms with van der Waals surface area (Å²) >= 11 is 0. The summed E-state index contributed by atoms with van der Waals surface area (Å²) in [6.07, 6.45) is 0. The van der Waals surface area contributed by atoms with Crippen LogP contribution in [-0.4, -0.2) is 17.1 Å². The van der Waals surface area contributed by atoms with Crippen molar-refractivity contribution in [3.8, 4) is 23.0 Å². The summed E-state index contributed by atoms with van der Waals surface area (Å²) in [6.45, 7) is 1.67. The van der Waals surface area contributed by atoms with E-state index in [0.717, 1.165) is 0 Å². The van der Waals surface area contributed by atoms with Crippen molar-refractivity contribution in [3.63, 3.8) is 0 Å². The minimum Gasteiger partial charge on any atom is -0.508 e. The number of aromatic hydroxyl groups is 1. The maximum Gasteiger partial charge on any atom is 0.315 e. The highest BCUT2D eigenvalue weighted by molar-refractivity contribution is 5.54. The van der Waals surface area contributed by atoms with Crippen LogP contribution in [0.25, 0.3) is 0 Å². The van der Waals surface area contributed by atoms with Gasteiger partial charge in [0.2, 0.25) is 5.75 Å². The Hall–Kier alpha value is -2.76. The van der Waals surface area contributed by atoms with E-state index in [1.807, 2.05) is 0 Å². The van der Waals surface area contributed by atoms with Gasteiger partial charge in [-0.25, -0.2) is 0 Å². The summed E-state index contributed by atoms with van der Waals surface area (Å²) in [5.74, 6) is 0.887. The van der Waals surface area contributed by atoms with E-state index in [9.17, 15) is 15.2 Å². The number of hydrogen-bond acceptors (Lipinski definition) is 5. The molecular formula is C14H13NO5. The lowest BCUT2D eigenvalue weighted by atomic mass is 10.2. The van der Waals surface area contributed by atoms with Crippen molar-refractivity contribution in [2.45, 2.75) is 6.92 Å². The molecule has 0 bridgehead atoms. The van der Waals surface area contributed by atoms with Gasteiger partial charge in [0.15, 0.2) is 0 Å². The normalized spacial score (nSPS) is 10.1. The molecule has 2 rings (SSSR count). The van der Waals surface area contributed by atoms with Crippen LogP contribution in [0.1, 0.15) is 5.56 Å². The van der Waals surface area contributed by atoms with Gasteiger partial charge in [0, 0.05) is 5.56 Å². The number of rotatable bonds is 4. The zero-order valence-corrected chi connectivity index (χ0v) is 11.0. The second-order valence-corrected chi connectivity index (χ2v) is 4.09. The topological polar surface area (TPSA) is 81.8 Å². The van der Waals surface area contributed by atoms with Gasteiger partial charge in [-0.2, -0.15) is 0 Å². The first-order valence-corrected chi connectivity index (χ1v) is 5.82. The highest BCUT2D eigenvalue weighted by Crippen LogP contribution is 2.37. The van der Waals surface area contributed by atoms with Gasteiger partial charge in [-0.1, -0.05) is 6.07 Å². The summed E-state index contributed by atoms with van der Waals surface area (Å²) < 4.78 is 10.5. The molecule has 6 nitrogen and oxygen atoms in total. The lowest BCUT2D eigenvalue weighted by molar-refractivity contribution is -0.385. The molecule has 2 aromatic carbocycles. The fourth-order valence-corrected chi connectivity index (χ4v) is 1.69. The third kappa shape index (κ3) is 2.64. The third-order valence-corrected chi connectivity index (χ3v) is 2.84. The van der Waals surface area contributed by atoms with Crippen LogP contribution in [-0.2, 0) is 0 Å². The van der Waals surface area contributed by atoms with Gasteiger partial charge >= 0.3 is 5.69 Å². The smallest absolute Gasteiger partial charge is 0.315 e. The molecule has 0 heterocycles. The molecule has 0 aliphatic carbocycles. The quantitative estimate of drug-likeness (QED) is 0.683. The first-order valence-electron chi connectivity index (χ1n) is 5.82. The van der Waals surface area contributed by atoms with Gasteiger partial charge < -0.3 is 14.6 Å². The van der Waals surface area contributed by atoms with Crippen LogP contribution in [0.5, 0.6) is 23.0 Å². The molecule has 2 aromatic rings. The monoisotopic (exact) mass is 275 g/mol. The SMILES string of the molecule is COc1ccc(Oc2cccc(O)c2C)c([N+](=O)[O-])c1. The summed E-state index contributed by atoms with van der Waals surface area (Å²) in [6, 6.07) is 9.06. The molecule has 0 atom stereocenters. The Kier molecular flexibility index (Phi) is 3.74. The van der Waals surface area contributed by atoms with Gasteiger partial charge in [0.1, 0.15) is 17.2 Å². The average Bonchev–Trinajstić information content (AvgIpc) is 2.44. The summed E-state index contributed by atoms with van der Waals surface area (Å²) in [5, 5.41) is 20.7. The van der Waals surface area contributed by atoms with Gasteiger partial charge in [0.05, 0.1) is 18.1 Å². The predicted octanol–water partition coefficient (Wildman–Crippen LogP) is 3.41. The molecule has 0 radical (unpaired) electrons. The van der Waals surface area contributed by atoms with Crippen LogP contribution >= 0.6 is 0 Å². The molecule has 0 unspecified atom stereocenters. The number of phenols is 1. The molecule has 0 amide bonds. The molecule has 0 fully saturated rings. The fraction of sp³-hybridized carbons (Fsp3) is 0.143. The third-order valence-electron chi connectivity index (χ3n) is 2.84. The average molecular weight is 275 g/mol. The van der Waals surface area contributed by atoms with Crippen LogP contribution in [0.3, 0.4) is 0 Å². The molecule has 104 valence electrons. The molecule has 0 aromatic heterocycles. The Morgan fingerprint density at radius 1 is 1.20 bits per heavy atom.